The number of aromatic nitrogens is 2. The Hall–Kier alpha value is -2.83. The molecule has 30 heavy (non-hydrogen) atoms. The molecular formula is C21H21F2N5OS. The van der Waals surface area contributed by atoms with Gasteiger partial charge in [0, 0.05) is 17.4 Å². The van der Waals surface area contributed by atoms with Gasteiger partial charge in [0.15, 0.2) is 16.7 Å². The number of amidine groups is 1. The average Bonchev–Trinajstić information content (AvgIpc) is 2.68. The van der Waals surface area contributed by atoms with E-state index in [-0.39, 0.29) is 16.1 Å². The van der Waals surface area contributed by atoms with Gasteiger partial charge in [-0.2, -0.15) is 5.26 Å². The van der Waals surface area contributed by atoms with Crippen LogP contribution in [0.2, 0.25) is 0 Å². The van der Waals surface area contributed by atoms with Crippen molar-refractivity contribution in [1.82, 2.24) is 9.97 Å². The number of ether oxygens (including phenoxy) is 1. The van der Waals surface area contributed by atoms with E-state index in [4.69, 9.17) is 15.7 Å². The van der Waals surface area contributed by atoms with Crippen molar-refractivity contribution < 1.29 is 13.5 Å². The number of thioether (sulfide) groups is 1. The van der Waals surface area contributed by atoms with Crippen molar-refractivity contribution in [2.45, 2.75) is 30.6 Å². The molecule has 1 aromatic carbocycles. The van der Waals surface area contributed by atoms with Crippen LogP contribution in [-0.4, -0.2) is 33.6 Å². The van der Waals surface area contributed by atoms with Gasteiger partial charge >= 0.3 is 0 Å². The molecule has 1 aliphatic heterocycles. The van der Waals surface area contributed by atoms with Gasteiger partial charge in [0.25, 0.3) is 0 Å². The molecular weight excluding hydrogens is 408 g/mol. The van der Waals surface area contributed by atoms with Crippen molar-refractivity contribution in [3.8, 4) is 6.07 Å². The summed E-state index contributed by atoms with van der Waals surface area (Å²) in [4.78, 5) is 12.2. The number of halogens is 2. The predicted octanol–water partition coefficient (Wildman–Crippen LogP) is 4.03. The molecule has 2 aromatic rings. The number of benzene rings is 1. The van der Waals surface area contributed by atoms with Gasteiger partial charge in [-0.05, 0) is 44.0 Å². The molecule has 9 heteroatoms. The molecule has 0 saturated carbocycles. The van der Waals surface area contributed by atoms with Crippen molar-refractivity contribution in [1.29, 1.82) is 5.26 Å². The Bertz CT molecular complexity index is 1050. The van der Waals surface area contributed by atoms with Crippen molar-refractivity contribution in [2.75, 3.05) is 13.7 Å². The minimum absolute atomic E-state index is 0.0184. The number of nitriles is 1. The van der Waals surface area contributed by atoms with E-state index in [1.807, 2.05) is 19.9 Å². The maximum absolute atomic E-state index is 14.8. The van der Waals surface area contributed by atoms with Crippen molar-refractivity contribution >= 4 is 28.8 Å². The van der Waals surface area contributed by atoms with E-state index in [2.05, 4.69) is 15.0 Å². The Morgan fingerprint density at radius 3 is 2.77 bits per heavy atom. The second-order valence-corrected chi connectivity index (χ2v) is 9.12. The van der Waals surface area contributed by atoms with Gasteiger partial charge < -0.3 is 10.5 Å². The zero-order chi connectivity index (χ0) is 21.9. The van der Waals surface area contributed by atoms with E-state index in [9.17, 15) is 8.78 Å². The summed E-state index contributed by atoms with van der Waals surface area (Å²) in [6, 6.07) is 6.14. The largest absolute Gasteiger partial charge is 0.383 e. The smallest absolute Gasteiger partial charge is 0.158 e. The first-order valence-electron chi connectivity index (χ1n) is 9.11. The summed E-state index contributed by atoms with van der Waals surface area (Å²) in [6.45, 7) is 4.23. The van der Waals surface area contributed by atoms with Crippen molar-refractivity contribution in [3.05, 3.63) is 58.9 Å². The first kappa shape index (κ1) is 21.9. The summed E-state index contributed by atoms with van der Waals surface area (Å²) in [7, 11) is 1.60. The Kier molecular flexibility index (Phi) is 6.19. The minimum atomic E-state index is -0.929. The van der Waals surface area contributed by atoms with E-state index < -0.39 is 17.2 Å². The Balaban J connectivity index is 1.98. The van der Waals surface area contributed by atoms with E-state index in [1.54, 1.807) is 13.2 Å². The van der Waals surface area contributed by atoms with Crippen LogP contribution in [-0.2, 0) is 10.3 Å². The van der Waals surface area contributed by atoms with Crippen LogP contribution in [0.5, 0.6) is 0 Å². The molecule has 1 aliphatic rings. The monoisotopic (exact) mass is 429 g/mol. The second kappa shape index (κ2) is 8.50. The van der Waals surface area contributed by atoms with Gasteiger partial charge in [-0.25, -0.2) is 18.7 Å². The van der Waals surface area contributed by atoms with Gasteiger partial charge in [0.05, 0.1) is 24.5 Å². The molecule has 0 amide bonds. The fourth-order valence-corrected chi connectivity index (χ4v) is 4.92. The lowest BCUT2D eigenvalue weighted by Crippen LogP contribution is -2.43. The molecule has 2 atom stereocenters. The highest BCUT2D eigenvalue weighted by molar-refractivity contribution is 8.15. The minimum Gasteiger partial charge on any atom is -0.383 e. The molecule has 0 saturated heterocycles. The molecule has 6 nitrogen and oxygen atoms in total. The third-order valence-electron chi connectivity index (χ3n) is 4.75. The zero-order valence-electron chi connectivity index (χ0n) is 16.8. The molecule has 2 heterocycles. The first-order valence-corrected chi connectivity index (χ1v) is 9.93. The third-order valence-corrected chi connectivity index (χ3v) is 5.81. The number of methoxy groups -OCH3 is 1. The van der Waals surface area contributed by atoms with Crippen LogP contribution in [0.25, 0.3) is 11.9 Å². The number of nitrogens with two attached hydrogens (primary N) is 1. The number of nitrogens with zero attached hydrogens (tertiary/aromatic N) is 4. The number of hydrogen-bond donors (Lipinski definition) is 1. The molecule has 3 rings (SSSR count). The molecule has 0 aliphatic carbocycles. The lowest BCUT2D eigenvalue weighted by molar-refractivity contribution is 0.157. The van der Waals surface area contributed by atoms with Gasteiger partial charge in [0.2, 0.25) is 0 Å². The van der Waals surface area contributed by atoms with E-state index >= 15 is 0 Å². The summed E-state index contributed by atoms with van der Waals surface area (Å²) < 4.78 is 34.4. The summed E-state index contributed by atoms with van der Waals surface area (Å²) in [5.41, 5.74) is 5.95. The lowest BCUT2D eigenvalue weighted by Gasteiger charge is -2.41. The molecule has 0 unspecified atom stereocenters. The van der Waals surface area contributed by atoms with Crippen LogP contribution in [0, 0.1) is 17.1 Å². The number of aliphatic imine (C=N–C) groups is 1. The van der Waals surface area contributed by atoms with E-state index in [0.717, 1.165) is 0 Å². The summed E-state index contributed by atoms with van der Waals surface area (Å²) in [6.07, 6.45) is 4.09. The van der Waals surface area contributed by atoms with Crippen LogP contribution >= 0.6 is 11.8 Å². The highest BCUT2D eigenvalue weighted by atomic mass is 32.2. The third kappa shape index (κ3) is 4.66. The van der Waals surface area contributed by atoms with Crippen molar-refractivity contribution in [2.24, 2.45) is 10.7 Å². The van der Waals surface area contributed by atoms with Crippen LogP contribution in [0.1, 0.15) is 42.8 Å². The topological polar surface area (TPSA) is 97.2 Å². The Morgan fingerprint density at radius 2 is 2.13 bits per heavy atom. The standard InChI is InChI=1S/C21H21F2N5OS/c1-20(12-29-3)11-21(2,28-19(25)30-20)15-6-13(4-5-16(15)22)7-17(23)18-10-26-14(8-24)9-27-18/h4-7,9-10H,11-12H2,1-3H3,(H2,25,28)/b17-7-/t20-,21+/m1/s1. The van der Waals surface area contributed by atoms with Crippen LogP contribution in [0.15, 0.2) is 35.6 Å². The molecule has 1 aromatic heterocycles. The Morgan fingerprint density at radius 1 is 1.37 bits per heavy atom. The van der Waals surface area contributed by atoms with Crippen LogP contribution in [0.3, 0.4) is 0 Å². The van der Waals surface area contributed by atoms with Gasteiger partial charge in [-0.15, -0.1) is 0 Å². The quantitative estimate of drug-likeness (QED) is 0.771. The molecule has 0 bridgehead atoms. The van der Waals surface area contributed by atoms with Crippen LogP contribution < -0.4 is 5.73 Å². The molecule has 0 spiro atoms. The molecule has 2 N–H and O–H groups in total. The highest BCUT2D eigenvalue weighted by Crippen LogP contribution is 2.46. The fourth-order valence-electron chi connectivity index (χ4n) is 3.64. The average molecular weight is 429 g/mol. The lowest BCUT2D eigenvalue weighted by atomic mass is 9.82. The maximum Gasteiger partial charge on any atom is 0.158 e. The molecule has 0 radical (unpaired) electrons. The SMILES string of the molecule is COC[C@@]1(C)C[C@@](C)(c2cc(/C=C(\F)c3cnc(C#N)cn3)ccc2F)N=C(N)S1. The highest BCUT2D eigenvalue weighted by Gasteiger charge is 2.43. The molecule has 156 valence electrons. The summed E-state index contributed by atoms with van der Waals surface area (Å²) >= 11 is 1.40. The second-order valence-electron chi connectivity index (χ2n) is 7.52. The summed E-state index contributed by atoms with van der Waals surface area (Å²) in [5, 5.41) is 9.12. The van der Waals surface area contributed by atoms with E-state index in [1.165, 1.54) is 42.4 Å². The Labute approximate surface area is 177 Å². The maximum atomic E-state index is 14.8. The zero-order valence-corrected chi connectivity index (χ0v) is 17.6. The first-order chi connectivity index (χ1) is 14.2. The number of rotatable bonds is 5. The van der Waals surface area contributed by atoms with E-state index in [0.29, 0.717) is 29.3 Å². The number of hydrogen-bond acceptors (Lipinski definition) is 7. The van der Waals surface area contributed by atoms with Crippen LogP contribution in [0.4, 0.5) is 8.78 Å². The normalized spacial score (nSPS) is 24.3. The predicted molar refractivity (Wildman–Crippen MR) is 114 cm³/mol. The summed E-state index contributed by atoms with van der Waals surface area (Å²) in [5.74, 6) is -1.10. The molecule has 0 fully saturated rings. The van der Waals surface area contributed by atoms with Gasteiger partial charge in [-0.3, -0.25) is 4.99 Å². The van der Waals surface area contributed by atoms with Gasteiger partial charge in [0.1, 0.15) is 17.6 Å². The van der Waals surface area contributed by atoms with Crippen molar-refractivity contribution in [3.63, 3.8) is 0 Å². The fraction of sp³-hybridized carbons (Fsp3) is 0.333. The van der Waals surface area contributed by atoms with Gasteiger partial charge in [-0.1, -0.05) is 17.8 Å².